The van der Waals surface area contributed by atoms with Gasteiger partial charge in [0.1, 0.15) is 5.75 Å². The van der Waals surface area contributed by atoms with Crippen LogP contribution >= 0.6 is 11.3 Å². The van der Waals surface area contributed by atoms with Gasteiger partial charge in [-0.15, -0.1) is 11.3 Å². The Balaban J connectivity index is 1.52. The van der Waals surface area contributed by atoms with E-state index in [1.165, 1.54) is 11.1 Å². The Morgan fingerprint density at radius 2 is 2.04 bits per heavy atom. The molecule has 0 amide bonds. The van der Waals surface area contributed by atoms with Crippen molar-refractivity contribution in [3.63, 3.8) is 0 Å². The molecule has 1 aliphatic heterocycles. The molecular formula is C18H22F2N4OS. The summed E-state index contributed by atoms with van der Waals surface area (Å²) in [6.45, 7) is 1.33. The molecule has 1 fully saturated rings. The van der Waals surface area contributed by atoms with E-state index in [0.717, 1.165) is 37.7 Å². The van der Waals surface area contributed by atoms with E-state index in [9.17, 15) is 8.78 Å². The normalized spacial score (nSPS) is 15.5. The molecule has 8 heteroatoms. The Bertz CT molecular complexity index is 716. The number of piperazine rings is 1. The number of alkyl halides is 2. The summed E-state index contributed by atoms with van der Waals surface area (Å²) in [5, 5.41) is 6.69. The third-order valence-electron chi connectivity index (χ3n) is 4.18. The smallest absolute Gasteiger partial charge is 0.387 e. The van der Waals surface area contributed by atoms with E-state index >= 15 is 0 Å². The third-order valence-corrected chi connectivity index (χ3v) is 5.11. The van der Waals surface area contributed by atoms with Crippen LogP contribution in [0.5, 0.6) is 5.75 Å². The number of benzene rings is 1. The Hall–Kier alpha value is -2.35. The maximum absolute atomic E-state index is 12.3. The van der Waals surface area contributed by atoms with Crippen molar-refractivity contribution in [2.24, 2.45) is 4.99 Å². The standard InChI is InChI=1S/C18H22F2N4OS/c1-21-18(22-13-14-4-2-5-15(12-14)25-17(19)20)24-9-7-23(8-10-24)16-6-3-11-26-16/h2-6,11-12,17H,7-10,13H2,1H3,(H,21,22). The summed E-state index contributed by atoms with van der Waals surface area (Å²) >= 11 is 1.75. The van der Waals surface area contributed by atoms with Crippen LogP contribution in [0.2, 0.25) is 0 Å². The molecule has 140 valence electrons. The molecule has 1 aromatic carbocycles. The summed E-state index contributed by atoms with van der Waals surface area (Å²) in [7, 11) is 1.75. The van der Waals surface area contributed by atoms with E-state index < -0.39 is 6.61 Å². The van der Waals surface area contributed by atoms with Crippen molar-refractivity contribution in [3.8, 4) is 5.75 Å². The molecule has 0 saturated carbocycles. The molecule has 3 rings (SSSR count). The quantitative estimate of drug-likeness (QED) is 0.639. The predicted molar refractivity (Wildman–Crippen MR) is 101 cm³/mol. The largest absolute Gasteiger partial charge is 0.435 e. The Morgan fingerprint density at radius 3 is 2.69 bits per heavy atom. The fraction of sp³-hybridized carbons (Fsp3) is 0.389. The molecule has 0 atom stereocenters. The minimum absolute atomic E-state index is 0.166. The summed E-state index contributed by atoms with van der Waals surface area (Å²) < 4.78 is 29.1. The number of nitrogens with one attached hydrogen (secondary N) is 1. The van der Waals surface area contributed by atoms with Crippen LogP contribution in [0.4, 0.5) is 13.8 Å². The summed E-state index contributed by atoms with van der Waals surface area (Å²) in [4.78, 5) is 8.94. The second-order valence-corrected chi connectivity index (χ2v) is 6.78. The minimum Gasteiger partial charge on any atom is -0.435 e. The zero-order valence-corrected chi connectivity index (χ0v) is 15.4. The van der Waals surface area contributed by atoms with Gasteiger partial charge in [-0.25, -0.2) is 0 Å². The molecule has 5 nitrogen and oxygen atoms in total. The highest BCUT2D eigenvalue weighted by atomic mass is 32.1. The van der Waals surface area contributed by atoms with Crippen LogP contribution in [0.1, 0.15) is 5.56 Å². The third kappa shape index (κ3) is 4.85. The first kappa shape index (κ1) is 18.4. The Morgan fingerprint density at radius 1 is 1.23 bits per heavy atom. The van der Waals surface area contributed by atoms with Gasteiger partial charge in [0.25, 0.3) is 0 Å². The average molecular weight is 380 g/mol. The monoisotopic (exact) mass is 380 g/mol. The van der Waals surface area contributed by atoms with Gasteiger partial charge in [-0.3, -0.25) is 4.99 Å². The van der Waals surface area contributed by atoms with Crippen molar-refractivity contribution in [2.45, 2.75) is 13.2 Å². The first-order chi connectivity index (χ1) is 12.7. The van der Waals surface area contributed by atoms with E-state index in [1.807, 2.05) is 6.07 Å². The molecule has 26 heavy (non-hydrogen) atoms. The second-order valence-electron chi connectivity index (χ2n) is 5.85. The van der Waals surface area contributed by atoms with Crippen molar-refractivity contribution >= 4 is 22.3 Å². The fourth-order valence-electron chi connectivity index (χ4n) is 2.93. The van der Waals surface area contributed by atoms with Gasteiger partial charge in [-0.1, -0.05) is 12.1 Å². The number of hydrogen-bond donors (Lipinski definition) is 1. The molecule has 0 bridgehead atoms. The lowest BCUT2D eigenvalue weighted by Crippen LogP contribution is -2.52. The van der Waals surface area contributed by atoms with Crippen molar-refractivity contribution in [1.82, 2.24) is 10.2 Å². The number of halogens is 2. The molecule has 1 aromatic heterocycles. The molecule has 1 N–H and O–H groups in total. The molecule has 0 radical (unpaired) electrons. The van der Waals surface area contributed by atoms with Crippen LogP contribution in [-0.4, -0.2) is 50.7 Å². The van der Waals surface area contributed by atoms with Gasteiger partial charge in [-0.05, 0) is 35.2 Å². The van der Waals surface area contributed by atoms with Gasteiger partial charge in [0.05, 0.1) is 5.00 Å². The molecule has 1 saturated heterocycles. The Labute approximate surface area is 155 Å². The molecule has 1 aliphatic rings. The summed E-state index contributed by atoms with van der Waals surface area (Å²) in [6.07, 6.45) is 0. The van der Waals surface area contributed by atoms with Crippen LogP contribution in [0.25, 0.3) is 0 Å². The molecule has 0 unspecified atom stereocenters. The fourth-order valence-corrected chi connectivity index (χ4v) is 3.72. The topological polar surface area (TPSA) is 40.1 Å². The summed E-state index contributed by atoms with van der Waals surface area (Å²) in [5.74, 6) is 0.981. The molecular weight excluding hydrogens is 358 g/mol. The van der Waals surface area contributed by atoms with Crippen LogP contribution in [0.3, 0.4) is 0 Å². The SMILES string of the molecule is CN=C(NCc1cccc(OC(F)F)c1)N1CCN(c2cccs2)CC1. The number of rotatable bonds is 5. The van der Waals surface area contributed by atoms with Gasteiger partial charge in [0.2, 0.25) is 0 Å². The number of nitrogens with zero attached hydrogens (tertiary/aromatic N) is 3. The lowest BCUT2D eigenvalue weighted by molar-refractivity contribution is -0.0498. The molecule has 2 heterocycles. The van der Waals surface area contributed by atoms with Crippen LogP contribution in [0, 0.1) is 0 Å². The van der Waals surface area contributed by atoms with E-state index in [4.69, 9.17) is 0 Å². The average Bonchev–Trinajstić information content (AvgIpc) is 3.17. The lowest BCUT2D eigenvalue weighted by atomic mass is 10.2. The molecule has 2 aromatic rings. The number of anilines is 1. The van der Waals surface area contributed by atoms with E-state index in [0.29, 0.717) is 6.54 Å². The maximum Gasteiger partial charge on any atom is 0.387 e. The number of ether oxygens (including phenoxy) is 1. The Kier molecular flexibility index (Phi) is 6.27. The maximum atomic E-state index is 12.3. The first-order valence-electron chi connectivity index (χ1n) is 8.43. The zero-order valence-electron chi connectivity index (χ0n) is 14.6. The van der Waals surface area contributed by atoms with Crippen LogP contribution in [0.15, 0.2) is 46.8 Å². The van der Waals surface area contributed by atoms with Crippen LogP contribution < -0.4 is 15.0 Å². The number of guanidine groups is 1. The van der Waals surface area contributed by atoms with Crippen molar-refractivity contribution in [3.05, 3.63) is 47.3 Å². The van der Waals surface area contributed by atoms with Crippen molar-refractivity contribution < 1.29 is 13.5 Å². The van der Waals surface area contributed by atoms with E-state index in [2.05, 4.69) is 42.4 Å². The van der Waals surface area contributed by atoms with Crippen molar-refractivity contribution in [1.29, 1.82) is 0 Å². The first-order valence-corrected chi connectivity index (χ1v) is 9.31. The van der Waals surface area contributed by atoms with E-state index in [-0.39, 0.29) is 5.75 Å². The predicted octanol–water partition coefficient (Wildman–Crippen LogP) is 3.25. The number of aliphatic imine (C=N–C) groups is 1. The molecule has 0 aliphatic carbocycles. The number of thiophene rings is 1. The highest BCUT2D eigenvalue weighted by molar-refractivity contribution is 7.14. The molecule has 0 spiro atoms. The number of hydrogen-bond acceptors (Lipinski definition) is 4. The minimum atomic E-state index is -2.81. The van der Waals surface area contributed by atoms with Gasteiger partial charge in [0.15, 0.2) is 5.96 Å². The summed E-state index contributed by atoms with van der Waals surface area (Å²) in [5.41, 5.74) is 0.863. The van der Waals surface area contributed by atoms with Gasteiger partial charge < -0.3 is 19.9 Å². The second kappa shape index (κ2) is 8.84. The summed E-state index contributed by atoms with van der Waals surface area (Å²) in [6, 6.07) is 10.9. The lowest BCUT2D eigenvalue weighted by Gasteiger charge is -2.37. The van der Waals surface area contributed by atoms with E-state index in [1.54, 1.807) is 30.5 Å². The van der Waals surface area contributed by atoms with Crippen molar-refractivity contribution in [2.75, 3.05) is 38.1 Å². The van der Waals surface area contributed by atoms with Gasteiger partial charge in [0, 0.05) is 39.8 Å². The highest BCUT2D eigenvalue weighted by Crippen LogP contribution is 2.22. The van der Waals surface area contributed by atoms with Crippen LogP contribution in [-0.2, 0) is 6.54 Å². The zero-order chi connectivity index (χ0) is 18.4. The highest BCUT2D eigenvalue weighted by Gasteiger charge is 2.20. The van der Waals surface area contributed by atoms with Gasteiger partial charge >= 0.3 is 6.61 Å². The van der Waals surface area contributed by atoms with Gasteiger partial charge in [-0.2, -0.15) is 8.78 Å².